The van der Waals surface area contributed by atoms with Crippen molar-refractivity contribution in [2.75, 3.05) is 13.1 Å². The molecule has 0 amide bonds. The Hall–Kier alpha value is -1.13. The number of aromatic nitrogens is 3. The maximum Gasteiger partial charge on any atom is 0.165 e. The van der Waals surface area contributed by atoms with Gasteiger partial charge in [-0.25, -0.2) is 9.50 Å². The summed E-state index contributed by atoms with van der Waals surface area (Å²) in [5.74, 6) is 0.856. The van der Waals surface area contributed by atoms with Gasteiger partial charge in [-0.15, -0.1) is 5.10 Å². The summed E-state index contributed by atoms with van der Waals surface area (Å²) in [5.41, 5.74) is 0.821. The van der Waals surface area contributed by atoms with Gasteiger partial charge in [0.2, 0.25) is 0 Å². The van der Waals surface area contributed by atoms with Crippen molar-refractivity contribution in [2.24, 2.45) is 0 Å². The Balaban J connectivity index is 1.90. The third-order valence-corrected chi connectivity index (χ3v) is 3.21. The fourth-order valence-electron chi connectivity index (χ4n) is 2.13. The van der Waals surface area contributed by atoms with Gasteiger partial charge in [0.05, 0.1) is 6.54 Å². The van der Waals surface area contributed by atoms with Crippen LogP contribution in [0.3, 0.4) is 0 Å². The molecule has 84 valence electrons. The normalized spacial score (nSPS) is 17.3. The maximum absolute atomic E-state index is 6.03. The highest BCUT2D eigenvalue weighted by molar-refractivity contribution is 6.29. The Labute approximate surface area is 98.8 Å². The third-order valence-electron chi connectivity index (χ3n) is 2.92. The summed E-state index contributed by atoms with van der Waals surface area (Å²) in [6.45, 7) is 3.14. The van der Waals surface area contributed by atoms with Crippen LogP contribution in [0.5, 0.6) is 0 Å². The Morgan fingerprint density at radius 2 is 2.06 bits per heavy atom. The molecular weight excluding hydrogens is 224 g/mol. The quantitative estimate of drug-likeness (QED) is 0.748. The first-order valence-electron chi connectivity index (χ1n) is 5.55. The molecule has 1 fully saturated rings. The number of hydrogen-bond donors (Lipinski definition) is 0. The third kappa shape index (κ3) is 1.79. The van der Waals surface area contributed by atoms with E-state index in [0.717, 1.165) is 31.1 Å². The van der Waals surface area contributed by atoms with E-state index in [1.54, 1.807) is 4.52 Å². The van der Waals surface area contributed by atoms with E-state index >= 15 is 0 Å². The smallest absolute Gasteiger partial charge is 0.165 e. The van der Waals surface area contributed by atoms with Crippen LogP contribution >= 0.6 is 11.6 Å². The molecule has 16 heavy (non-hydrogen) atoms. The minimum atomic E-state index is 0.609. The van der Waals surface area contributed by atoms with Crippen LogP contribution in [0.25, 0.3) is 5.65 Å². The van der Waals surface area contributed by atoms with Gasteiger partial charge in [0.1, 0.15) is 5.15 Å². The summed E-state index contributed by atoms with van der Waals surface area (Å²) in [4.78, 5) is 6.84. The second-order valence-corrected chi connectivity index (χ2v) is 4.52. The minimum absolute atomic E-state index is 0.609. The van der Waals surface area contributed by atoms with E-state index in [-0.39, 0.29) is 0 Å². The van der Waals surface area contributed by atoms with Crippen molar-refractivity contribution >= 4 is 17.2 Å². The standard InChI is InChI=1S/C11H13ClN4/c12-9-4-3-5-11-13-10(14-16(9)11)8-15-6-1-2-7-15/h3-5H,1-2,6-8H2. The number of fused-ring (bicyclic) bond motifs is 1. The number of rotatable bonds is 2. The first kappa shape index (κ1) is 10.1. The molecule has 1 saturated heterocycles. The molecule has 0 bridgehead atoms. The van der Waals surface area contributed by atoms with Crippen LogP contribution in [-0.4, -0.2) is 32.6 Å². The van der Waals surface area contributed by atoms with Gasteiger partial charge in [-0.1, -0.05) is 17.7 Å². The molecule has 0 atom stereocenters. The summed E-state index contributed by atoms with van der Waals surface area (Å²) < 4.78 is 1.69. The van der Waals surface area contributed by atoms with E-state index in [9.17, 15) is 0 Å². The molecule has 4 nitrogen and oxygen atoms in total. The molecule has 3 rings (SSSR count). The Kier molecular flexibility index (Phi) is 2.53. The molecule has 0 saturated carbocycles. The first-order chi connectivity index (χ1) is 7.83. The molecular formula is C11H13ClN4. The molecule has 1 aliphatic rings. The molecule has 3 heterocycles. The summed E-state index contributed by atoms with van der Waals surface area (Å²) in [7, 11) is 0. The van der Waals surface area contributed by atoms with Gasteiger partial charge in [-0.2, -0.15) is 0 Å². The highest BCUT2D eigenvalue weighted by Crippen LogP contribution is 2.14. The fourth-order valence-corrected chi connectivity index (χ4v) is 2.32. The molecule has 5 heteroatoms. The van der Waals surface area contributed by atoms with Gasteiger partial charge < -0.3 is 0 Å². The van der Waals surface area contributed by atoms with Crippen molar-refractivity contribution in [1.82, 2.24) is 19.5 Å². The SMILES string of the molecule is Clc1cccc2nc(CN3CCCC3)nn12. The molecule has 0 spiro atoms. The van der Waals surface area contributed by atoms with Crippen LogP contribution in [-0.2, 0) is 6.54 Å². The molecule has 0 radical (unpaired) electrons. The van der Waals surface area contributed by atoms with Crippen LogP contribution in [0.15, 0.2) is 18.2 Å². The number of likely N-dealkylation sites (tertiary alicyclic amines) is 1. The summed E-state index contributed by atoms with van der Waals surface area (Å²) in [6, 6.07) is 5.64. The van der Waals surface area contributed by atoms with Crippen LogP contribution < -0.4 is 0 Å². The minimum Gasteiger partial charge on any atom is -0.296 e. The van der Waals surface area contributed by atoms with Crippen molar-refractivity contribution in [2.45, 2.75) is 19.4 Å². The van der Waals surface area contributed by atoms with Crippen molar-refractivity contribution in [3.05, 3.63) is 29.2 Å². The fraction of sp³-hybridized carbons (Fsp3) is 0.455. The Morgan fingerprint density at radius 3 is 2.81 bits per heavy atom. The van der Waals surface area contributed by atoms with E-state index in [4.69, 9.17) is 11.6 Å². The monoisotopic (exact) mass is 236 g/mol. The molecule has 0 aliphatic carbocycles. The first-order valence-corrected chi connectivity index (χ1v) is 5.93. The van der Waals surface area contributed by atoms with Crippen molar-refractivity contribution < 1.29 is 0 Å². The lowest BCUT2D eigenvalue weighted by atomic mass is 10.4. The molecule has 0 N–H and O–H groups in total. The van der Waals surface area contributed by atoms with Gasteiger partial charge in [-0.05, 0) is 38.1 Å². The zero-order valence-electron chi connectivity index (χ0n) is 8.93. The number of pyridine rings is 1. The summed E-state index contributed by atoms with van der Waals surface area (Å²) in [5, 5.41) is 5.02. The van der Waals surface area contributed by atoms with Crippen LogP contribution in [0.4, 0.5) is 0 Å². The van der Waals surface area contributed by atoms with Gasteiger partial charge in [0, 0.05) is 0 Å². The second kappa shape index (κ2) is 4.03. The second-order valence-electron chi connectivity index (χ2n) is 4.13. The molecule has 1 aliphatic heterocycles. The average Bonchev–Trinajstić information content (AvgIpc) is 2.88. The molecule has 0 unspecified atom stereocenters. The van der Waals surface area contributed by atoms with Gasteiger partial charge in [0.15, 0.2) is 11.5 Å². The molecule has 2 aromatic rings. The van der Waals surface area contributed by atoms with Crippen LogP contribution in [0, 0.1) is 0 Å². The highest BCUT2D eigenvalue weighted by Gasteiger charge is 2.14. The van der Waals surface area contributed by atoms with Crippen LogP contribution in [0.1, 0.15) is 18.7 Å². The van der Waals surface area contributed by atoms with E-state index < -0.39 is 0 Å². The van der Waals surface area contributed by atoms with E-state index in [1.807, 2.05) is 18.2 Å². The lowest BCUT2D eigenvalue weighted by Crippen LogP contribution is -2.19. The van der Waals surface area contributed by atoms with Gasteiger partial charge in [-0.3, -0.25) is 4.90 Å². The van der Waals surface area contributed by atoms with Crippen molar-refractivity contribution in [1.29, 1.82) is 0 Å². The highest BCUT2D eigenvalue weighted by atomic mass is 35.5. The number of hydrogen-bond acceptors (Lipinski definition) is 3. The predicted octanol–water partition coefficient (Wildman–Crippen LogP) is 1.98. The zero-order valence-corrected chi connectivity index (χ0v) is 9.69. The molecule has 0 aromatic carbocycles. The van der Waals surface area contributed by atoms with Gasteiger partial charge in [0.25, 0.3) is 0 Å². The molecule has 2 aromatic heterocycles. The van der Waals surface area contributed by atoms with E-state index in [1.165, 1.54) is 12.8 Å². The topological polar surface area (TPSA) is 33.4 Å². The predicted molar refractivity (Wildman–Crippen MR) is 62.5 cm³/mol. The maximum atomic E-state index is 6.03. The number of nitrogens with zero attached hydrogens (tertiary/aromatic N) is 4. The lowest BCUT2D eigenvalue weighted by molar-refractivity contribution is 0.322. The lowest BCUT2D eigenvalue weighted by Gasteiger charge is -2.10. The average molecular weight is 237 g/mol. The summed E-state index contributed by atoms with van der Waals surface area (Å²) in [6.07, 6.45) is 2.57. The number of halogens is 1. The van der Waals surface area contributed by atoms with Crippen LogP contribution in [0.2, 0.25) is 5.15 Å². The zero-order chi connectivity index (χ0) is 11.0. The Bertz CT molecular complexity index is 502. The summed E-state index contributed by atoms with van der Waals surface area (Å²) >= 11 is 6.03. The van der Waals surface area contributed by atoms with E-state index in [2.05, 4.69) is 15.0 Å². The van der Waals surface area contributed by atoms with Gasteiger partial charge >= 0.3 is 0 Å². The van der Waals surface area contributed by atoms with E-state index in [0.29, 0.717) is 5.15 Å². The largest absolute Gasteiger partial charge is 0.296 e. The van der Waals surface area contributed by atoms with Crippen molar-refractivity contribution in [3.8, 4) is 0 Å². The van der Waals surface area contributed by atoms with Crippen molar-refractivity contribution in [3.63, 3.8) is 0 Å². The Morgan fingerprint density at radius 1 is 1.25 bits per heavy atom.